The van der Waals surface area contributed by atoms with Gasteiger partial charge in [0.2, 0.25) is 29.5 Å². The van der Waals surface area contributed by atoms with Crippen LogP contribution in [0.2, 0.25) is 0 Å². The number of carbonyl (C=O) groups is 10. The second-order valence-electron chi connectivity index (χ2n) is 22.4. The minimum atomic E-state index is -1.47. The third-order valence-electron chi connectivity index (χ3n) is 14.5. The zero-order valence-corrected chi connectivity index (χ0v) is 47.8. The van der Waals surface area contributed by atoms with Gasteiger partial charge in [-0.2, -0.15) is 0 Å². The maximum absolute atomic E-state index is 14.5. The van der Waals surface area contributed by atoms with Crippen molar-refractivity contribution in [2.45, 2.75) is 180 Å². The van der Waals surface area contributed by atoms with Gasteiger partial charge in [0.05, 0.1) is 23.3 Å². The van der Waals surface area contributed by atoms with Gasteiger partial charge in [-0.05, 0) is 69.0 Å². The Morgan fingerprint density at radius 2 is 1.45 bits per heavy atom. The molecule has 77 heavy (non-hydrogen) atoms. The highest BCUT2D eigenvalue weighted by molar-refractivity contribution is 8.00. The highest BCUT2D eigenvalue weighted by Gasteiger charge is 2.43. The molecule has 2 aromatic rings. The van der Waals surface area contributed by atoms with Crippen molar-refractivity contribution in [3.63, 3.8) is 0 Å². The number of unbranched alkanes of at least 4 members (excludes halogenated alkanes) is 4. The van der Waals surface area contributed by atoms with E-state index < -0.39 is 87.7 Å². The molecule has 428 valence electrons. The zero-order valence-electron chi connectivity index (χ0n) is 46.9. The smallest absolute Gasteiger partial charge is 0.326 e. The average molecular weight is 1100 g/mol. The number of aliphatic carboxylic acids is 3. The summed E-state index contributed by atoms with van der Waals surface area (Å²) >= 11 is 1.06. The number of nitrogens with two attached hydrogens (primary N) is 1. The molecule has 7 atom stereocenters. The number of Topliss-reactive ketones (excluding diaryl/α,β-unsaturated/α-hetero) is 2. The largest absolute Gasteiger partial charge is 0.481 e. The number of hydrogen-bond donors (Lipinski definition) is 7. The van der Waals surface area contributed by atoms with Crippen molar-refractivity contribution in [1.82, 2.24) is 30.3 Å². The molecule has 1 saturated heterocycles. The number of hydrogen-bond acceptors (Lipinski definition) is 13. The first-order valence-electron chi connectivity index (χ1n) is 26.7. The predicted octanol–water partition coefficient (Wildman–Crippen LogP) is 5.37. The van der Waals surface area contributed by atoms with Gasteiger partial charge in [-0.1, -0.05) is 92.0 Å². The highest BCUT2D eigenvalue weighted by Crippen LogP contribution is 2.35. The molecule has 1 aliphatic rings. The van der Waals surface area contributed by atoms with Crippen LogP contribution in [0.4, 0.5) is 0 Å². The number of nitrogens with zero attached hydrogens (tertiary/aromatic N) is 3. The van der Waals surface area contributed by atoms with E-state index in [-0.39, 0.29) is 79.4 Å². The van der Waals surface area contributed by atoms with E-state index in [0.717, 1.165) is 28.2 Å². The van der Waals surface area contributed by atoms with Gasteiger partial charge in [-0.15, -0.1) is 11.8 Å². The number of carboxylic acid groups (broad SMARTS) is 3. The molecule has 0 bridgehead atoms. The number of aryl methyl sites for hydroxylation is 1. The Labute approximate surface area is 457 Å². The molecule has 2 heterocycles. The van der Waals surface area contributed by atoms with Gasteiger partial charge < -0.3 is 46.5 Å². The van der Waals surface area contributed by atoms with E-state index in [4.69, 9.17) is 10.8 Å². The second-order valence-corrected chi connectivity index (χ2v) is 23.7. The van der Waals surface area contributed by atoms with Gasteiger partial charge in [0.1, 0.15) is 29.7 Å². The lowest BCUT2D eigenvalue weighted by molar-refractivity contribution is -0.144. The second kappa shape index (κ2) is 29.7. The molecule has 1 fully saturated rings. The maximum atomic E-state index is 14.5. The number of thioether (sulfide) groups is 1. The van der Waals surface area contributed by atoms with Crippen LogP contribution in [0.5, 0.6) is 0 Å². The number of ketones is 2. The summed E-state index contributed by atoms with van der Waals surface area (Å²) in [5, 5.41) is 37.9. The summed E-state index contributed by atoms with van der Waals surface area (Å²) in [5.41, 5.74) is 6.15. The highest BCUT2D eigenvalue weighted by atomic mass is 32.2. The molecule has 5 amide bonds. The Hall–Kier alpha value is -5.93. The molecule has 0 aliphatic carbocycles. The van der Waals surface area contributed by atoms with Crippen LogP contribution < -0.4 is 21.7 Å². The van der Waals surface area contributed by atoms with E-state index in [1.54, 1.807) is 20.2 Å². The molecule has 0 radical (unpaired) electrons. The van der Waals surface area contributed by atoms with E-state index in [1.165, 1.54) is 16.7 Å². The molecule has 1 aromatic carbocycles. The third kappa shape index (κ3) is 18.9. The number of rotatable bonds is 34. The van der Waals surface area contributed by atoms with E-state index in [0.29, 0.717) is 51.4 Å². The van der Waals surface area contributed by atoms with Gasteiger partial charge in [-0.25, -0.2) is 4.79 Å². The fraction of sp³-hybridized carbons (Fsp3) is 0.643. The Bertz CT molecular complexity index is 2480. The lowest BCUT2D eigenvalue weighted by Gasteiger charge is -2.39. The number of benzene rings is 1. The molecule has 0 spiro atoms. The van der Waals surface area contributed by atoms with Crippen molar-refractivity contribution < 1.29 is 63.3 Å². The molecule has 1 aliphatic heterocycles. The molecule has 1 unspecified atom stereocenters. The van der Waals surface area contributed by atoms with Crippen molar-refractivity contribution in [3.8, 4) is 0 Å². The zero-order chi connectivity index (χ0) is 58.1. The lowest BCUT2D eigenvalue weighted by atomic mass is 9.76. The van der Waals surface area contributed by atoms with Crippen LogP contribution in [0.1, 0.15) is 144 Å². The molecular formula is C56H85N7O13S. The summed E-state index contributed by atoms with van der Waals surface area (Å²) in [6, 6.07) is 2.96. The normalized spacial score (nSPS) is 16.7. The number of likely N-dealkylation sites (N-methyl/N-ethyl adjacent to an activating group) is 2. The quantitative estimate of drug-likeness (QED) is 0.0263. The SMILES string of the molecule is CN[C@H](C(=O)N[C@H](C(=O)N(C)[C@H](/C=C(\C)C(=O)N[C@H](CCC(=O)C[C@@H](CCCCCC(=O)CCCCCN1C(=O)CC(SC[C@H](N)C(=O)O)C1=O)C(=O)O)C(=O)O)C(C)C)C(C)(C)C)C(C)(C)c1cn(C)c2ccccc12. The van der Waals surface area contributed by atoms with Gasteiger partial charge >= 0.3 is 17.9 Å². The van der Waals surface area contributed by atoms with Crippen molar-refractivity contribution in [2.75, 3.05) is 26.4 Å². The number of aromatic nitrogens is 1. The minimum absolute atomic E-state index is 0.00519. The maximum Gasteiger partial charge on any atom is 0.326 e. The monoisotopic (exact) mass is 1100 g/mol. The Morgan fingerprint density at radius 1 is 0.831 bits per heavy atom. The number of para-hydroxylation sites is 1. The molecule has 20 nitrogen and oxygen atoms in total. The lowest BCUT2D eigenvalue weighted by Crippen LogP contribution is -2.61. The minimum Gasteiger partial charge on any atom is -0.481 e. The molecule has 0 saturated carbocycles. The van der Waals surface area contributed by atoms with Crippen LogP contribution in [0, 0.1) is 17.3 Å². The van der Waals surface area contributed by atoms with E-state index >= 15 is 0 Å². The number of likely N-dealkylation sites (tertiary alicyclic amines) is 1. The fourth-order valence-corrected chi connectivity index (χ4v) is 10.9. The Morgan fingerprint density at radius 3 is 2.03 bits per heavy atom. The first kappa shape index (κ1) is 65.4. The summed E-state index contributed by atoms with van der Waals surface area (Å²) in [6.45, 7) is 15.0. The number of imide groups is 1. The number of carbonyl (C=O) groups excluding carboxylic acids is 7. The van der Waals surface area contributed by atoms with Gasteiger partial charge in [0, 0.05) is 86.6 Å². The molecular weight excluding hydrogens is 1010 g/mol. The fourth-order valence-electron chi connectivity index (χ4n) is 9.76. The number of amides is 5. The Kier molecular flexibility index (Phi) is 25.2. The first-order chi connectivity index (χ1) is 35.9. The number of nitrogens with one attached hydrogen (secondary N) is 3. The van der Waals surface area contributed by atoms with Crippen LogP contribution in [0.25, 0.3) is 10.9 Å². The first-order valence-corrected chi connectivity index (χ1v) is 27.7. The predicted molar refractivity (Wildman–Crippen MR) is 295 cm³/mol. The van der Waals surface area contributed by atoms with E-state index in [1.807, 2.05) is 90.5 Å². The van der Waals surface area contributed by atoms with Gasteiger partial charge in [0.15, 0.2) is 0 Å². The summed E-state index contributed by atoms with van der Waals surface area (Å²) in [6.07, 6.45) is 6.69. The third-order valence-corrected chi connectivity index (χ3v) is 15.8. The standard InChI is InChI=1S/C56H85N7O13S/c1-33(2)43(62(11)51(70)47(55(4,5)6)60-49(68)46(58-9)56(7,8)39-31-61(10)42-24-18-17-23-38(39)42)28-34(3)48(67)59-41(54(75)76)26-25-37(65)29-35(52(71)72)20-14-12-15-21-36(64)22-16-13-19-27-63-45(66)30-44(50(63)69)77-32-40(57)53(73)74/h17-18,23-24,28,31,33,35,40-41,43-44,46-47,58H,12-16,19-22,25-27,29-30,32,57H2,1-11H3,(H,59,67)(H,60,68)(H,71,72)(H,73,74)(H,75,76)/b34-28+/t35-,40+,41-,43-,44?,46-,47-/m1/s1. The van der Waals surface area contributed by atoms with Crippen LogP contribution in [0.3, 0.4) is 0 Å². The van der Waals surface area contributed by atoms with Gasteiger partial charge in [0.25, 0.3) is 0 Å². The van der Waals surface area contributed by atoms with Crippen LogP contribution >= 0.6 is 11.8 Å². The number of carboxylic acids is 3. The van der Waals surface area contributed by atoms with Crippen LogP contribution in [0.15, 0.2) is 42.1 Å². The van der Waals surface area contributed by atoms with Crippen molar-refractivity contribution >= 4 is 81.7 Å². The average Bonchev–Trinajstić information content (AvgIpc) is 3.84. The van der Waals surface area contributed by atoms with Crippen molar-refractivity contribution in [2.24, 2.45) is 30.0 Å². The molecule has 8 N–H and O–H groups in total. The summed E-state index contributed by atoms with van der Waals surface area (Å²) < 4.78 is 2.02. The topological polar surface area (TPSA) is 305 Å². The molecule has 3 rings (SSSR count). The van der Waals surface area contributed by atoms with Crippen LogP contribution in [-0.4, -0.2) is 151 Å². The summed E-state index contributed by atoms with van der Waals surface area (Å²) in [7, 11) is 5.25. The van der Waals surface area contributed by atoms with Crippen molar-refractivity contribution in [3.05, 3.63) is 47.7 Å². The van der Waals surface area contributed by atoms with Crippen molar-refractivity contribution in [1.29, 1.82) is 0 Å². The van der Waals surface area contributed by atoms with E-state index in [2.05, 4.69) is 16.0 Å². The summed E-state index contributed by atoms with van der Waals surface area (Å²) in [4.78, 5) is 131. The van der Waals surface area contributed by atoms with Gasteiger partial charge in [-0.3, -0.25) is 48.1 Å². The summed E-state index contributed by atoms with van der Waals surface area (Å²) in [5.74, 6) is -7.58. The Balaban J connectivity index is 1.49. The molecule has 1 aromatic heterocycles. The number of fused-ring (bicyclic) bond motifs is 1. The van der Waals surface area contributed by atoms with Crippen LogP contribution in [-0.2, 0) is 60.4 Å². The molecule has 21 heteroatoms. The van der Waals surface area contributed by atoms with E-state index in [9.17, 15) is 58.2 Å².